The van der Waals surface area contributed by atoms with Gasteiger partial charge in [-0.05, 0) is 18.7 Å². The lowest BCUT2D eigenvalue weighted by Crippen LogP contribution is -2.37. The van der Waals surface area contributed by atoms with Crippen molar-refractivity contribution in [3.05, 3.63) is 40.9 Å². The van der Waals surface area contributed by atoms with E-state index in [1.165, 1.54) is 16.1 Å². The Morgan fingerprint density at radius 1 is 1.27 bits per heavy atom. The fourth-order valence-electron chi connectivity index (χ4n) is 2.77. The van der Waals surface area contributed by atoms with Crippen molar-refractivity contribution in [2.24, 2.45) is 0 Å². The molecule has 6 heteroatoms. The van der Waals surface area contributed by atoms with Crippen LogP contribution in [0.2, 0.25) is 0 Å². The fraction of sp³-hybridized carbons (Fsp3) is 0.438. The lowest BCUT2D eigenvalue weighted by Gasteiger charge is -2.31. The minimum Gasteiger partial charge on any atom is -0.378 e. The largest absolute Gasteiger partial charge is 0.378 e. The van der Waals surface area contributed by atoms with Crippen LogP contribution in [0.4, 0.5) is 10.8 Å². The van der Waals surface area contributed by atoms with Crippen molar-refractivity contribution in [2.75, 3.05) is 44.0 Å². The smallest absolute Gasteiger partial charge is 0.180 e. The summed E-state index contributed by atoms with van der Waals surface area (Å²) in [6.07, 6.45) is 1.87. The van der Waals surface area contributed by atoms with E-state index < -0.39 is 0 Å². The molecule has 0 bridgehead atoms. The highest BCUT2D eigenvalue weighted by Crippen LogP contribution is 2.24. The number of nitrogen functional groups attached to an aromatic ring is 1. The van der Waals surface area contributed by atoms with Crippen LogP contribution in [0.1, 0.15) is 10.4 Å². The fourth-order valence-corrected chi connectivity index (χ4v) is 3.53. The Morgan fingerprint density at radius 3 is 2.77 bits per heavy atom. The summed E-state index contributed by atoms with van der Waals surface area (Å²) in [4.78, 5) is 10.0. The van der Waals surface area contributed by atoms with Gasteiger partial charge in [-0.3, -0.25) is 4.90 Å². The van der Waals surface area contributed by atoms with E-state index in [1.807, 2.05) is 6.20 Å². The zero-order chi connectivity index (χ0) is 15.4. The molecular weight excluding hydrogens is 296 g/mol. The van der Waals surface area contributed by atoms with E-state index in [9.17, 15) is 0 Å². The van der Waals surface area contributed by atoms with E-state index in [0.717, 1.165) is 39.4 Å². The average Bonchev–Trinajstić information content (AvgIpc) is 2.93. The maximum absolute atomic E-state index is 5.70. The summed E-state index contributed by atoms with van der Waals surface area (Å²) in [6, 6.07) is 8.64. The Balaban J connectivity index is 1.68. The number of nitrogens with two attached hydrogens (primary N) is 1. The highest BCUT2D eigenvalue weighted by Gasteiger charge is 2.15. The van der Waals surface area contributed by atoms with Crippen molar-refractivity contribution in [1.82, 2.24) is 9.88 Å². The average molecular weight is 318 g/mol. The van der Waals surface area contributed by atoms with Crippen molar-refractivity contribution >= 4 is 22.2 Å². The van der Waals surface area contributed by atoms with Gasteiger partial charge in [-0.2, -0.15) is 0 Å². The summed E-state index contributed by atoms with van der Waals surface area (Å²) in [6.45, 7) is 5.32. The Labute approximate surface area is 135 Å². The summed E-state index contributed by atoms with van der Waals surface area (Å²) in [5.41, 5.74) is 8.37. The summed E-state index contributed by atoms with van der Waals surface area (Å²) in [5.74, 6) is 0. The number of morpholine rings is 1. The normalized spacial score (nSPS) is 15.5. The van der Waals surface area contributed by atoms with Crippen LogP contribution in [0.15, 0.2) is 30.5 Å². The summed E-state index contributed by atoms with van der Waals surface area (Å²) in [5, 5.41) is 0.636. The standard InChI is InChI=1S/C16H22N4OS/c1-19(12-14-10-18-16(17)22-14)11-13-4-2-3-5-15(13)20-6-8-21-9-7-20/h2-5,10H,6-9,11-12H2,1H3,(H2,17,18). The molecule has 0 atom stereocenters. The monoisotopic (exact) mass is 318 g/mol. The van der Waals surface area contributed by atoms with Crippen LogP contribution < -0.4 is 10.6 Å². The topological polar surface area (TPSA) is 54.6 Å². The third-order valence-electron chi connectivity index (χ3n) is 3.78. The molecule has 0 saturated carbocycles. The molecule has 1 aromatic carbocycles. The van der Waals surface area contributed by atoms with Gasteiger partial charge in [0.1, 0.15) is 0 Å². The van der Waals surface area contributed by atoms with Gasteiger partial charge in [-0.25, -0.2) is 4.98 Å². The molecule has 22 heavy (non-hydrogen) atoms. The second-order valence-corrected chi connectivity index (χ2v) is 6.71. The molecule has 2 N–H and O–H groups in total. The Hall–Kier alpha value is -1.63. The molecule has 1 saturated heterocycles. The molecule has 118 valence electrons. The minimum atomic E-state index is 0.636. The maximum atomic E-state index is 5.70. The Morgan fingerprint density at radius 2 is 2.05 bits per heavy atom. The molecule has 0 radical (unpaired) electrons. The van der Waals surface area contributed by atoms with Gasteiger partial charge >= 0.3 is 0 Å². The molecule has 0 unspecified atom stereocenters. The highest BCUT2D eigenvalue weighted by molar-refractivity contribution is 7.15. The summed E-state index contributed by atoms with van der Waals surface area (Å²) < 4.78 is 5.45. The first-order valence-corrected chi connectivity index (χ1v) is 8.33. The number of para-hydroxylation sites is 1. The number of nitrogens with zero attached hydrogens (tertiary/aromatic N) is 3. The predicted octanol–water partition coefficient (Wildman–Crippen LogP) is 2.19. The molecule has 0 amide bonds. The molecule has 1 aliphatic rings. The van der Waals surface area contributed by atoms with Crippen molar-refractivity contribution < 1.29 is 4.74 Å². The first-order chi connectivity index (χ1) is 10.7. The van der Waals surface area contributed by atoms with E-state index in [0.29, 0.717) is 5.13 Å². The van der Waals surface area contributed by atoms with E-state index >= 15 is 0 Å². The molecule has 3 rings (SSSR count). The minimum absolute atomic E-state index is 0.636. The third kappa shape index (κ3) is 3.76. The zero-order valence-corrected chi connectivity index (χ0v) is 13.7. The number of hydrogen-bond donors (Lipinski definition) is 1. The van der Waals surface area contributed by atoms with E-state index in [1.54, 1.807) is 11.3 Å². The van der Waals surface area contributed by atoms with Crippen LogP contribution in [0.25, 0.3) is 0 Å². The van der Waals surface area contributed by atoms with Gasteiger partial charge in [0.05, 0.1) is 13.2 Å². The number of rotatable bonds is 5. The molecule has 0 aliphatic carbocycles. The SMILES string of the molecule is CN(Cc1cnc(N)s1)Cc1ccccc1N1CCOCC1. The number of anilines is 2. The lowest BCUT2D eigenvalue weighted by atomic mass is 10.1. The van der Waals surface area contributed by atoms with Crippen LogP contribution >= 0.6 is 11.3 Å². The first kappa shape index (κ1) is 15.3. The van der Waals surface area contributed by atoms with Crippen LogP contribution in [0, 0.1) is 0 Å². The Bertz CT molecular complexity index is 610. The first-order valence-electron chi connectivity index (χ1n) is 7.51. The molecule has 1 fully saturated rings. The second-order valence-electron chi connectivity index (χ2n) is 5.57. The van der Waals surface area contributed by atoms with Gasteiger partial charge in [-0.15, -0.1) is 11.3 Å². The third-order valence-corrected chi connectivity index (χ3v) is 4.59. The molecule has 2 aromatic rings. The molecule has 1 aliphatic heterocycles. The molecule has 2 heterocycles. The van der Waals surface area contributed by atoms with Crippen LogP contribution in [0.5, 0.6) is 0 Å². The van der Waals surface area contributed by atoms with Gasteiger partial charge in [0, 0.05) is 42.9 Å². The second kappa shape index (κ2) is 7.09. The van der Waals surface area contributed by atoms with Crippen molar-refractivity contribution in [3.63, 3.8) is 0 Å². The van der Waals surface area contributed by atoms with Crippen LogP contribution in [0.3, 0.4) is 0 Å². The van der Waals surface area contributed by atoms with Crippen molar-refractivity contribution in [2.45, 2.75) is 13.1 Å². The van der Waals surface area contributed by atoms with Gasteiger partial charge in [0.15, 0.2) is 5.13 Å². The van der Waals surface area contributed by atoms with Crippen molar-refractivity contribution in [3.8, 4) is 0 Å². The van der Waals surface area contributed by atoms with E-state index in [2.05, 4.69) is 46.1 Å². The van der Waals surface area contributed by atoms with Gasteiger partial charge in [0.2, 0.25) is 0 Å². The van der Waals surface area contributed by atoms with Crippen molar-refractivity contribution in [1.29, 1.82) is 0 Å². The molecule has 5 nitrogen and oxygen atoms in total. The number of hydrogen-bond acceptors (Lipinski definition) is 6. The number of benzene rings is 1. The van der Waals surface area contributed by atoms with Gasteiger partial charge < -0.3 is 15.4 Å². The summed E-state index contributed by atoms with van der Waals surface area (Å²) in [7, 11) is 2.13. The summed E-state index contributed by atoms with van der Waals surface area (Å²) >= 11 is 1.56. The quantitative estimate of drug-likeness (QED) is 0.916. The number of aromatic nitrogens is 1. The predicted molar refractivity (Wildman–Crippen MR) is 91.2 cm³/mol. The maximum Gasteiger partial charge on any atom is 0.180 e. The molecule has 0 spiro atoms. The molecule has 1 aromatic heterocycles. The molecular formula is C16H22N4OS. The lowest BCUT2D eigenvalue weighted by molar-refractivity contribution is 0.122. The Kier molecular flexibility index (Phi) is 4.92. The van der Waals surface area contributed by atoms with Crippen LogP contribution in [-0.4, -0.2) is 43.2 Å². The zero-order valence-electron chi connectivity index (χ0n) is 12.9. The van der Waals surface area contributed by atoms with Gasteiger partial charge in [-0.1, -0.05) is 18.2 Å². The number of ether oxygens (including phenoxy) is 1. The van der Waals surface area contributed by atoms with Crippen LogP contribution in [-0.2, 0) is 17.8 Å². The van der Waals surface area contributed by atoms with E-state index in [4.69, 9.17) is 10.5 Å². The highest BCUT2D eigenvalue weighted by atomic mass is 32.1. The van der Waals surface area contributed by atoms with Gasteiger partial charge in [0.25, 0.3) is 0 Å². The number of thiazole rings is 1. The van der Waals surface area contributed by atoms with E-state index in [-0.39, 0.29) is 0 Å².